The molecule has 0 bridgehead atoms. The summed E-state index contributed by atoms with van der Waals surface area (Å²) < 4.78 is 37.5. The summed E-state index contributed by atoms with van der Waals surface area (Å²) in [6.07, 6.45) is 0. The second-order valence-corrected chi connectivity index (χ2v) is 4.14. The molecule has 0 aliphatic carbocycles. The van der Waals surface area contributed by atoms with E-state index in [2.05, 4.69) is 0 Å². The van der Waals surface area contributed by atoms with Gasteiger partial charge in [-0.15, -0.1) is 0 Å². The Morgan fingerprint density at radius 2 is 1.90 bits per heavy atom. The van der Waals surface area contributed by atoms with Crippen LogP contribution in [0.5, 0.6) is 11.5 Å². The number of hydrogen-bond acceptors (Lipinski definition) is 3. The summed E-state index contributed by atoms with van der Waals surface area (Å²) in [4.78, 5) is 11.0. The highest BCUT2D eigenvalue weighted by Crippen LogP contribution is 2.26. The molecule has 2 aromatic rings. The van der Waals surface area contributed by atoms with Gasteiger partial charge < -0.3 is 14.6 Å². The zero-order valence-electron chi connectivity index (χ0n) is 11.1. The molecule has 0 saturated heterocycles. The molecule has 0 saturated carbocycles. The minimum atomic E-state index is -1.32. The summed E-state index contributed by atoms with van der Waals surface area (Å²) in [5.41, 5.74) is -0.188. The number of carboxylic acid groups (broad SMARTS) is 1. The highest BCUT2D eigenvalue weighted by atomic mass is 19.1. The number of para-hydroxylation sites is 1. The summed E-state index contributed by atoms with van der Waals surface area (Å²) in [5.74, 6) is -3.17. The second kappa shape index (κ2) is 6.21. The van der Waals surface area contributed by atoms with Crippen molar-refractivity contribution in [2.75, 3.05) is 7.11 Å². The van der Waals surface area contributed by atoms with Gasteiger partial charge in [0.15, 0.2) is 23.1 Å². The molecule has 0 spiro atoms. The van der Waals surface area contributed by atoms with Gasteiger partial charge >= 0.3 is 5.97 Å². The maximum absolute atomic E-state index is 13.9. The Labute approximate surface area is 119 Å². The molecule has 0 fully saturated rings. The van der Waals surface area contributed by atoms with Crippen molar-refractivity contribution in [3.63, 3.8) is 0 Å². The number of hydrogen-bond donors (Lipinski definition) is 1. The smallest absolute Gasteiger partial charge is 0.339 e. The van der Waals surface area contributed by atoms with Crippen molar-refractivity contribution in [3.8, 4) is 11.5 Å². The highest BCUT2D eigenvalue weighted by Gasteiger charge is 2.17. The third-order valence-electron chi connectivity index (χ3n) is 2.83. The molecule has 6 heteroatoms. The second-order valence-electron chi connectivity index (χ2n) is 4.14. The van der Waals surface area contributed by atoms with Crippen LogP contribution in [0.3, 0.4) is 0 Å². The Morgan fingerprint density at radius 1 is 1.19 bits per heavy atom. The van der Waals surface area contributed by atoms with Crippen LogP contribution in [-0.2, 0) is 6.61 Å². The van der Waals surface area contributed by atoms with E-state index in [0.29, 0.717) is 0 Å². The molecule has 2 aromatic carbocycles. The van der Waals surface area contributed by atoms with Crippen LogP contribution in [0.4, 0.5) is 8.78 Å². The Kier molecular flexibility index (Phi) is 4.37. The van der Waals surface area contributed by atoms with Crippen molar-refractivity contribution >= 4 is 5.97 Å². The number of benzene rings is 2. The van der Waals surface area contributed by atoms with Gasteiger partial charge in [-0.05, 0) is 18.2 Å². The van der Waals surface area contributed by atoms with Gasteiger partial charge in [0.05, 0.1) is 7.11 Å². The minimum Gasteiger partial charge on any atom is -0.494 e. The van der Waals surface area contributed by atoms with Gasteiger partial charge in [-0.25, -0.2) is 13.6 Å². The molecular weight excluding hydrogens is 282 g/mol. The average molecular weight is 294 g/mol. The maximum atomic E-state index is 13.9. The van der Waals surface area contributed by atoms with Crippen LogP contribution in [0.25, 0.3) is 0 Å². The van der Waals surface area contributed by atoms with Gasteiger partial charge in [0.1, 0.15) is 12.2 Å². The van der Waals surface area contributed by atoms with Gasteiger partial charge in [-0.3, -0.25) is 0 Å². The van der Waals surface area contributed by atoms with Crippen LogP contribution < -0.4 is 9.47 Å². The Morgan fingerprint density at radius 3 is 2.57 bits per heavy atom. The molecule has 0 aliphatic heterocycles. The van der Waals surface area contributed by atoms with E-state index >= 15 is 0 Å². The van der Waals surface area contributed by atoms with E-state index in [9.17, 15) is 13.6 Å². The first kappa shape index (κ1) is 14.8. The number of methoxy groups -OCH3 is 1. The molecule has 4 nitrogen and oxygen atoms in total. The predicted octanol–water partition coefficient (Wildman–Crippen LogP) is 3.25. The zero-order chi connectivity index (χ0) is 15.4. The number of rotatable bonds is 5. The van der Waals surface area contributed by atoms with Crippen LogP contribution in [0.15, 0.2) is 36.4 Å². The molecule has 0 unspecified atom stereocenters. The van der Waals surface area contributed by atoms with Crippen molar-refractivity contribution in [2.45, 2.75) is 6.61 Å². The molecule has 0 atom stereocenters. The molecule has 1 N–H and O–H groups in total. The largest absolute Gasteiger partial charge is 0.494 e. The van der Waals surface area contributed by atoms with Crippen LogP contribution in [0.2, 0.25) is 0 Å². The number of ether oxygens (including phenoxy) is 2. The summed E-state index contributed by atoms with van der Waals surface area (Å²) >= 11 is 0. The van der Waals surface area contributed by atoms with E-state index in [-0.39, 0.29) is 23.5 Å². The van der Waals surface area contributed by atoms with E-state index in [0.717, 1.165) is 6.07 Å². The lowest BCUT2D eigenvalue weighted by atomic mass is 10.2. The highest BCUT2D eigenvalue weighted by molar-refractivity contribution is 5.90. The number of aromatic carboxylic acids is 1. The first-order valence-corrected chi connectivity index (χ1v) is 6.00. The van der Waals surface area contributed by atoms with Gasteiger partial charge in [-0.2, -0.15) is 0 Å². The predicted molar refractivity (Wildman–Crippen MR) is 70.6 cm³/mol. The lowest BCUT2D eigenvalue weighted by Gasteiger charge is -2.11. The van der Waals surface area contributed by atoms with Crippen molar-refractivity contribution in [1.82, 2.24) is 0 Å². The fourth-order valence-corrected chi connectivity index (χ4v) is 1.80. The van der Waals surface area contributed by atoms with E-state index in [1.54, 1.807) is 6.07 Å². The fourth-order valence-electron chi connectivity index (χ4n) is 1.80. The van der Waals surface area contributed by atoms with Crippen molar-refractivity contribution in [1.29, 1.82) is 0 Å². The Bertz CT molecular complexity index is 671. The Hall–Kier alpha value is -2.63. The lowest BCUT2D eigenvalue weighted by molar-refractivity contribution is 0.0690. The summed E-state index contributed by atoms with van der Waals surface area (Å²) in [7, 11) is 1.32. The molecule has 0 aliphatic rings. The molecule has 0 heterocycles. The maximum Gasteiger partial charge on any atom is 0.339 e. The average Bonchev–Trinajstić information content (AvgIpc) is 2.47. The van der Waals surface area contributed by atoms with Gasteiger partial charge in [0.25, 0.3) is 0 Å². The zero-order valence-corrected chi connectivity index (χ0v) is 11.1. The number of carbonyl (C=O) groups is 1. The molecule has 21 heavy (non-hydrogen) atoms. The van der Waals surface area contributed by atoms with Crippen molar-refractivity contribution < 1.29 is 28.2 Å². The van der Waals surface area contributed by atoms with E-state index < -0.39 is 23.4 Å². The lowest BCUT2D eigenvalue weighted by Crippen LogP contribution is -2.06. The molecular formula is C15H12F2O4. The fraction of sp³-hybridized carbons (Fsp3) is 0.133. The van der Waals surface area contributed by atoms with Crippen LogP contribution >= 0.6 is 0 Å². The number of halogens is 2. The van der Waals surface area contributed by atoms with Crippen molar-refractivity contribution in [3.05, 3.63) is 59.2 Å². The molecule has 0 aromatic heterocycles. The first-order valence-electron chi connectivity index (χ1n) is 6.00. The van der Waals surface area contributed by atoms with Crippen molar-refractivity contribution in [2.24, 2.45) is 0 Å². The SMILES string of the molecule is COc1cccc(COc2c(F)cccc2C(=O)O)c1F. The molecule has 2 rings (SSSR count). The van der Waals surface area contributed by atoms with E-state index in [4.69, 9.17) is 14.6 Å². The molecule has 110 valence electrons. The quantitative estimate of drug-likeness (QED) is 0.919. The summed E-state index contributed by atoms with van der Waals surface area (Å²) in [5, 5.41) is 8.98. The third kappa shape index (κ3) is 3.10. The van der Waals surface area contributed by atoms with Crippen LogP contribution in [-0.4, -0.2) is 18.2 Å². The van der Waals surface area contributed by atoms with E-state index in [1.165, 1.54) is 31.4 Å². The monoisotopic (exact) mass is 294 g/mol. The van der Waals surface area contributed by atoms with Crippen LogP contribution in [0, 0.1) is 11.6 Å². The van der Waals surface area contributed by atoms with E-state index in [1.807, 2.05) is 0 Å². The standard InChI is InChI=1S/C15H12F2O4/c1-20-12-7-2-4-9(13(12)17)8-21-14-10(15(18)19)5-3-6-11(14)16/h2-7H,8H2,1H3,(H,18,19). The minimum absolute atomic E-state index is 0.0306. The van der Waals surface area contributed by atoms with Gasteiger partial charge in [0, 0.05) is 5.56 Å². The molecule has 0 amide bonds. The summed E-state index contributed by atoms with van der Waals surface area (Å²) in [6.45, 7) is -0.315. The summed E-state index contributed by atoms with van der Waals surface area (Å²) in [6, 6.07) is 7.98. The molecule has 0 radical (unpaired) electrons. The normalized spacial score (nSPS) is 10.2. The van der Waals surface area contributed by atoms with Gasteiger partial charge in [-0.1, -0.05) is 18.2 Å². The third-order valence-corrected chi connectivity index (χ3v) is 2.83. The Balaban J connectivity index is 2.27. The number of carboxylic acids is 1. The topological polar surface area (TPSA) is 55.8 Å². The van der Waals surface area contributed by atoms with Crippen LogP contribution in [0.1, 0.15) is 15.9 Å². The van der Waals surface area contributed by atoms with Gasteiger partial charge in [0.2, 0.25) is 0 Å². The first-order chi connectivity index (χ1) is 10.0.